The Bertz CT molecular complexity index is 1040. The summed E-state index contributed by atoms with van der Waals surface area (Å²) in [5.41, 5.74) is 6.07. The third kappa shape index (κ3) is 3.61. The van der Waals surface area contributed by atoms with Crippen LogP contribution in [0.5, 0.6) is 0 Å². The maximum absolute atomic E-state index is 12.5. The monoisotopic (exact) mass is 368 g/mol. The van der Waals surface area contributed by atoms with Gasteiger partial charge >= 0.3 is 5.97 Å². The quantitative estimate of drug-likeness (QED) is 0.516. The number of ketones is 1. The number of carbonyl (C=O) groups excluding carboxylic acids is 3. The summed E-state index contributed by atoms with van der Waals surface area (Å²) in [6.45, 7) is 2.71. The Morgan fingerprint density at radius 1 is 1.19 bits per heavy atom. The van der Waals surface area contributed by atoms with E-state index >= 15 is 0 Å². The highest BCUT2D eigenvalue weighted by molar-refractivity contribution is 6.11. The van der Waals surface area contributed by atoms with Gasteiger partial charge in [-0.2, -0.15) is 0 Å². The number of rotatable bonds is 5. The van der Waals surface area contributed by atoms with Crippen molar-refractivity contribution in [2.75, 3.05) is 11.1 Å². The van der Waals surface area contributed by atoms with Crippen molar-refractivity contribution in [2.24, 2.45) is 0 Å². The number of esters is 1. The molecular weight excluding hydrogens is 352 g/mol. The molecule has 0 bridgehead atoms. The molecule has 0 aliphatic rings. The predicted octanol–water partition coefficient (Wildman–Crippen LogP) is 2.19. The Morgan fingerprint density at radius 3 is 2.59 bits per heavy atom. The predicted molar refractivity (Wildman–Crippen MR) is 96.2 cm³/mol. The van der Waals surface area contributed by atoms with Crippen LogP contribution in [0.3, 0.4) is 0 Å². The number of hydrogen-bond donors (Lipinski definition) is 2. The number of nitrogens with one attached hydrogen (secondary N) is 1. The normalized spacial score (nSPS) is 11.8. The molecule has 0 saturated heterocycles. The van der Waals surface area contributed by atoms with Gasteiger partial charge in [-0.1, -0.05) is 12.1 Å². The zero-order valence-corrected chi connectivity index (χ0v) is 14.6. The van der Waals surface area contributed by atoms with Crippen molar-refractivity contribution in [3.05, 3.63) is 48.1 Å². The first-order chi connectivity index (χ1) is 12.9. The molecule has 3 aromatic rings. The van der Waals surface area contributed by atoms with E-state index in [1.807, 2.05) is 0 Å². The molecule has 1 amide bonds. The fourth-order valence-corrected chi connectivity index (χ4v) is 2.42. The highest BCUT2D eigenvalue weighted by Crippen LogP contribution is 2.31. The Hall–Kier alpha value is -3.75. The van der Waals surface area contributed by atoms with Gasteiger partial charge in [-0.3, -0.25) is 9.59 Å². The number of furan rings is 1. The van der Waals surface area contributed by atoms with Crippen LogP contribution in [0.1, 0.15) is 34.9 Å². The molecule has 0 aliphatic heterocycles. The molecule has 1 aromatic carbocycles. The number of aromatic nitrogens is 2. The van der Waals surface area contributed by atoms with E-state index in [1.165, 1.54) is 26.2 Å². The van der Waals surface area contributed by atoms with E-state index in [-0.39, 0.29) is 28.7 Å². The SMILES string of the molecule is CC(=O)c1oc2ccccc2c1NC(=O)C(C)OC(=O)c1nccnc1N. The number of nitrogen functional groups attached to an aromatic ring is 1. The van der Waals surface area contributed by atoms with Gasteiger partial charge in [0.1, 0.15) is 5.58 Å². The first-order valence-electron chi connectivity index (χ1n) is 7.99. The van der Waals surface area contributed by atoms with E-state index < -0.39 is 18.0 Å². The van der Waals surface area contributed by atoms with Gasteiger partial charge in [0, 0.05) is 24.7 Å². The number of Topliss-reactive ketones (excluding diaryl/α,β-unsaturated/α-hetero) is 1. The smallest absolute Gasteiger partial charge is 0.361 e. The number of para-hydroxylation sites is 1. The number of hydrogen-bond acceptors (Lipinski definition) is 8. The number of carbonyl (C=O) groups is 3. The highest BCUT2D eigenvalue weighted by Gasteiger charge is 2.25. The number of nitrogens with zero attached hydrogens (tertiary/aromatic N) is 2. The summed E-state index contributed by atoms with van der Waals surface area (Å²) >= 11 is 0. The Labute approximate surface area is 153 Å². The number of ether oxygens (including phenoxy) is 1. The van der Waals surface area contributed by atoms with Crippen molar-refractivity contribution < 1.29 is 23.5 Å². The van der Waals surface area contributed by atoms with E-state index in [1.54, 1.807) is 24.3 Å². The zero-order valence-electron chi connectivity index (χ0n) is 14.6. The van der Waals surface area contributed by atoms with Crippen LogP contribution in [0, 0.1) is 0 Å². The summed E-state index contributed by atoms with van der Waals surface area (Å²) < 4.78 is 10.6. The third-order valence-corrected chi connectivity index (χ3v) is 3.74. The largest absolute Gasteiger partial charge is 0.451 e. The number of amides is 1. The molecule has 2 heterocycles. The van der Waals surface area contributed by atoms with Gasteiger partial charge in [-0.25, -0.2) is 14.8 Å². The summed E-state index contributed by atoms with van der Waals surface area (Å²) in [7, 11) is 0. The lowest BCUT2D eigenvalue weighted by Crippen LogP contribution is -2.31. The zero-order chi connectivity index (χ0) is 19.6. The van der Waals surface area contributed by atoms with E-state index in [2.05, 4.69) is 15.3 Å². The van der Waals surface area contributed by atoms with Crippen molar-refractivity contribution in [2.45, 2.75) is 20.0 Å². The summed E-state index contributed by atoms with van der Waals surface area (Å²) in [5, 5.41) is 3.15. The van der Waals surface area contributed by atoms with E-state index in [0.29, 0.717) is 11.0 Å². The molecule has 27 heavy (non-hydrogen) atoms. The van der Waals surface area contributed by atoms with Crippen molar-refractivity contribution in [1.29, 1.82) is 0 Å². The number of anilines is 2. The molecule has 0 saturated carbocycles. The van der Waals surface area contributed by atoms with Gasteiger partial charge in [-0.15, -0.1) is 0 Å². The van der Waals surface area contributed by atoms with Crippen molar-refractivity contribution in [1.82, 2.24) is 9.97 Å². The van der Waals surface area contributed by atoms with Gasteiger partial charge in [0.2, 0.25) is 0 Å². The lowest BCUT2D eigenvalue weighted by Gasteiger charge is -2.13. The van der Waals surface area contributed by atoms with Gasteiger partial charge < -0.3 is 20.2 Å². The summed E-state index contributed by atoms with van der Waals surface area (Å²) in [4.78, 5) is 43.9. The van der Waals surface area contributed by atoms with Gasteiger partial charge in [0.05, 0.1) is 5.69 Å². The van der Waals surface area contributed by atoms with E-state index in [0.717, 1.165) is 0 Å². The second-order valence-electron chi connectivity index (χ2n) is 5.69. The first-order valence-corrected chi connectivity index (χ1v) is 7.99. The van der Waals surface area contributed by atoms with Crippen LogP contribution in [-0.2, 0) is 9.53 Å². The molecule has 0 aliphatic carbocycles. The third-order valence-electron chi connectivity index (χ3n) is 3.74. The standard InChI is InChI=1S/C18H16N4O5/c1-9(23)15-13(11-5-3-4-6-12(11)27-15)22-17(24)10(2)26-18(25)14-16(19)21-8-7-20-14/h3-8,10H,1-2H3,(H2,19,21)(H,22,24). The fraction of sp³-hybridized carbons (Fsp3) is 0.167. The van der Waals surface area contributed by atoms with Gasteiger partial charge in [-0.05, 0) is 19.1 Å². The number of fused-ring (bicyclic) bond motifs is 1. The lowest BCUT2D eigenvalue weighted by molar-refractivity contribution is -0.123. The molecule has 2 aromatic heterocycles. The van der Waals surface area contributed by atoms with Crippen LogP contribution in [-0.4, -0.2) is 33.7 Å². The molecule has 0 spiro atoms. The van der Waals surface area contributed by atoms with Crippen LogP contribution in [0.4, 0.5) is 11.5 Å². The van der Waals surface area contributed by atoms with Gasteiger partial charge in [0.25, 0.3) is 5.91 Å². The Balaban J connectivity index is 1.80. The molecule has 1 unspecified atom stereocenters. The number of nitrogens with two attached hydrogens (primary N) is 1. The fourth-order valence-electron chi connectivity index (χ4n) is 2.42. The van der Waals surface area contributed by atoms with E-state index in [4.69, 9.17) is 14.9 Å². The maximum atomic E-state index is 12.5. The first kappa shape index (κ1) is 18.1. The topological polar surface area (TPSA) is 137 Å². The second-order valence-corrected chi connectivity index (χ2v) is 5.69. The minimum Gasteiger partial charge on any atom is -0.451 e. The molecule has 9 heteroatoms. The van der Waals surface area contributed by atoms with Crippen molar-refractivity contribution in [3.8, 4) is 0 Å². The average Bonchev–Trinajstić information content (AvgIpc) is 3.01. The highest BCUT2D eigenvalue weighted by atomic mass is 16.5. The second kappa shape index (κ2) is 7.24. The Kier molecular flexibility index (Phi) is 4.84. The molecule has 9 nitrogen and oxygen atoms in total. The summed E-state index contributed by atoms with van der Waals surface area (Å²) in [6.07, 6.45) is 1.44. The molecule has 0 fully saturated rings. The van der Waals surface area contributed by atoms with E-state index in [9.17, 15) is 14.4 Å². The van der Waals surface area contributed by atoms with Crippen LogP contribution in [0.25, 0.3) is 11.0 Å². The van der Waals surface area contributed by atoms with Crippen LogP contribution >= 0.6 is 0 Å². The minimum absolute atomic E-state index is 0.0150. The van der Waals surface area contributed by atoms with Crippen LogP contribution in [0.15, 0.2) is 41.1 Å². The molecule has 3 N–H and O–H groups in total. The van der Waals surface area contributed by atoms with Crippen LogP contribution < -0.4 is 11.1 Å². The Morgan fingerprint density at radius 2 is 1.89 bits per heavy atom. The van der Waals surface area contributed by atoms with Crippen molar-refractivity contribution >= 4 is 40.1 Å². The number of benzene rings is 1. The molecule has 138 valence electrons. The average molecular weight is 368 g/mol. The molecular formula is C18H16N4O5. The molecule has 3 rings (SSSR count). The van der Waals surface area contributed by atoms with Gasteiger partial charge in [0.15, 0.2) is 29.2 Å². The summed E-state index contributed by atoms with van der Waals surface area (Å²) in [6, 6.07) is 6.88. The molecule has 0 radical (unpaired) electrons. The maximum Gasteiger partial charge on any atom is 0.361 e. The lowest BCUT2D eigenvalue weighted by atomic mass is 10.2. The minimum atomic E-state index is -1.17. The van der Waals surface area contributed by atoms with Crippen molar-refractivity contribution in [3.63, 3.8) is 0 Å². The summed E-state index contributed by atoms with van der Waals surface area (Å²) in [5.74, 6) is -1.96. The molecule has 1 atom stereocenters. The van der Waals surface area contributed by atoms with Crippen LogP contribution in [0.2, 0.25) is 0 Å².